The molecular formula is C24H22BrClN2O. The smallest absolute Gasteiger partial charge is 0.255 e. The molecule has 5 heteroatoms. The third-order valence-corrected chi connectivity index (χ3v) is 6.23. The number of piperazine rings is 1. The molecule has 4 rings (SSSR count). The highest BCUT2D eigenvalue weighted by atomic mass is 79.9. The first-order valence-corrected chi connectivity index (χ1v) is 10.9. The summed E-state index contributed by atoms with van der Waals surface area (Å²) in [6.07, 6.45) is 0. The maximum atomic E-state index is 12.9. The lowest BCUT2D eigenvalue weighted by molar-refractivity contribution is 0.0597. The van der Waals surface area contributed by atoms with Gasteiger partial charge in [0.1, 0.15) is 0 Å². The molecule has 0 saturated carbocycles. The molecule has 3 nitrogen and oxygen atoms in total. The van der Waals surface area contributed by atoms with Gasteiger partial charge in [0, 0.05) is 30.7 Å². The lowest BCUT2D eigenvalue weighted by atomic mass is 9.96. The molecule has 0 bridgehead atoms. The lowest BCUT2D eigenvalue weighted by Gasteiger charge is -2.40. The minimum Gasteiger partial charge on any atom is -0.336 e. The summed E-state index contributed by atoms with van der Waals surface area (Å²) in [6.45, 7) is 2.99. The predicted molar refractivity (Wildman–Crippen MR) is 121 cm³/mol. The molecule has 29 heavy (non-hydrogen) atoms. The number of amides is 1. The first kappa shape index (κ1) is 20.1. The van der Waals surface area contributed by atoms with Crippen molar-refractivity contribution in [3.05, 3.63) is 105 Å². The van der Waals surface area contributed by atoms with Crippen molar-refractivity contribution < 1.29 is 4.79 Å². The van der Waals surface area contributed by atoms with Gasteiger partial charge < -0.3 is 4.90 Å². The maximum Gasteiger partial charge on any atom is 0.255 e. The van der Waals surface area contributed by atoms with Crippen LogP contribution in [-0.4, -0.2) is 41.9 Å². The van der Waals surface area contributed by atoms with Gasteiger partial charge >= 0.3 is 0 Å². The second-order valence-corrected chi connectivity index (χ2v) is 8.50. The zero-order valence-electron chi connectivity index (χ0n) is 16.0. The zero-order valence-corrected chi connectivity index (χ0v) is 18.3. The molecule has 0 N–H and O–H groups in total. The molecule has 3 aromatic rings. The molecule has 1 amide bonds. The Morgan fingerprint density at radius 3 is 2.03 bits per heavy atom. The van der Waals surface area contributed by atoms with Gasteiger partial charge in [-0.3, -0.25) is 9.69 Å². The topological polar surface area (TPSA) is 23.6 Å². The highest BCUT2D eigenvalue weighted by Gasteiger charge is 2.29. The molecule has 0 aliphatic carbocycles. The molecule has 1 unspecified atom stereocenters. The van der Waals surface area contributed by atoms with Gasteiger partial charge in [-0.25, -0.2) is 0 Å². The average Bonchev–Trinajstić information content (AvgIpc) is 2.76. The van der Waals surface area contributed by atoms with Gasteiger partial charge in [-0.05, 0) is 35.4 Å². The minimum absolute atomic E-state index is 0.00940. The SMILES string of the molecule is O=C(c1ccccc1Cl)N1CCN(C(c2ccccc2)c2ccc(Br)cc2)CC1. The van der Waals surface area contributed by atoms with Crippen LogP contribution in [0.1, 0.15) is 27.5 Å². The van der Waals surface area contributed by atoms with Crippen LogP contribution in [0.4, 0.5) is 0 Å². The molecule has 1 aliphatic rings. The summed E-state index contributed by atoms with van der Waals surface area (Å²) in [7, 11) is 0. The van der Waals surface area contributed by atoms with Crippen molar-refractivity contribution in [3.63, 3.8) is 0 Å². The van der Waals surface area contributed by atoms with E-state index in [2.05, 4.69) is 69.4 Å². The fraction of sp³-hybridized carbons (Fsp3) is 0.208. The quantitative estimate of drug-likeness (QED) is 0.493. The third-order valence-electron chi connectivity index (χ3n) is 5.37. The lowest BCUT2D eigenvalue weighted by Crippen LogP contribution is -2.49. The van der Waals surface area contributed by atoms with Crippen molar-refractivity contribution in [2.45, 2.75) is 6.04 Å². The summed E-state index contributed by atoms with van der Waals surface area (Å²) in [5.41, 5.74) is 3.10. The largest absolute Gasteiger partial charge is 0.336 e. The summed E-state index contributed by atoms with van der Waals surface area (Å²) in [5.74, 6) is 0.00940. The Labute approximate surface area is 185 Å². The number of halogens is 2. The van der Waals surface area contributed by atoms with Crippen LogP contribution in [0.2, 0.25) is 5.02 Å². The van der Waals surface area contributed by atoms with Crippen molar-refractivity contribution in [3.8, 4) is 0 Å². The average molecular weight is 470 g/mol. The van der Waals surface area contributed by atoms with E-state index in [0.717, 1.165) is 17.6 Å². The second kappa shape index (κ2) is 9.12. The van der Waals surface area contributed by atoms with E-state index in [-0.39, 0.29) is 11.9 Å². The number of carbonyl (C=O) groups is 1. The Hall–Kier alpha value is -2.14. The number of benzene rings is 3. The standard InChI is InChI=1S/C24H22BrClN2O/c25-20-12-10-19(11-13-20)23(18-6-2-1-3-7-18)27-14-16-28(17-15-27)24(29)21-8-4-5-9-22(21)26/h1-13,23H,14-17H2. The van der Waals surface area contributed by atoms with Crippen molar-refractivity contribution in [1.82, 2.24) is 9.80 Å². The molecule has 0 spiro atoms. The van der Waals surface area contributed by atoms with E-state index in [1.165, 1.54) is 11.1 Å². The number of hydrogen-bond donors (Lipinski definition) is 0. The van der Waals surface area contributed by atoms with Gasteiger partial charge in [0.2, 0.25) is 0 Å². The van der Waals surface area contributed by atoms with E-state index in [1.807, 2.05) is 23.1 Å². The molecule has 0 aromatic heterocycles. The van der Waals surface area contributed by atoms with Gasteiger partial charge in [-0.15, -0.1) is 0 Å². The highest BCUT2D eigenvalue weighted by Crippen LogP contribution is 2.31. The fourth-order valence-corrected chi connectivity index (χ4v) is 4.36. The van der Waals surface area contributed by atoms with E-state index in [4.69, 9.17) is 11.6 Å². The van der Waals surface area contributed by atoms with Crippen molar-refractivity contribution in [2.75, 3.05) is 26.2 Å². The monoisotopic (exact) mass is 468 g/mol. The van der Waals surface area contributed by atoms with Gasteiger partial charge in [0.15, 0.2) is 0 Å². The molecule has 1 atom stereocenters. The Morgan fingerprint density at radius 1 is 0.793 bits per heavy atom. The molecular weight excluding hydrogens is 448 g/mol. The Balaban J connectivity index is 1.53. The molecule has 1 saturated heterocycles. The Morgan fingerprint density at radius 2 is 1.38 bits per heavy atom. The van der Waals surface area contributed by atoms with Crippen LogP contribution in [0, 0.1) is 0 Å². The first-order chi connectivity index (χ1) is 14.1. The number of hydrogen-bond acceptors (Lipinski definition) is 2. The molecule has 0 radical (unpaired) electrons. The normalized spacial score (nSPS) is 15.9. The van der Waals surface area contributed by atoms with E-state index in [1.54, 1.807) is 12.1 Å². The van der Waals surface area contributed by atoms with Crippen LogP contribution in [0.5, 0.6) is 0 Å². The van der Waals surface area contributed by atoms with Crippen LogP contribution in [0.3, 0.4) is 0 Å². The van der Waals surface area contributed by atoms with Crippen molar-refractivity contribution in [2.24, 2.45) is 0 Å². The van der Waals surface area contributed by atoms with Crippen molar-refractivity contribution in [1.29, 1.82) is 0 Å². The molecule has 1 heterocycles. The molecule has 1 aliphatic heterocycles. The predicted octanol–water partition coefficient (Wildman–Crippen LogP) is 5.65. The van der Waals surface area contributed by atoms with E-state index in [0.29, 0.717) is 23.7 Å². The van der Waals surface area contributed by atoms with Gasteiger partial charge in [0.25, 0.3) is 5.91 Å². The van der Waals surface area contributed by atoms with Gasteiger partial charge in [-0.1, -0.05) is 82.1 Å². The summed E-state index contributed by atoms with van der Waals surface area (Å²) >= 11 is 9.76. The zero-order chi connectivity index (χ0) is 20.2. The number of rotatable bonds is 4. The van der Waals surface area contributed by atoms with Crippen LogP contribution in [0.25, 0.3) is 0 Å². The van der Waals surface area contributed by atoms with Crippen LogP contribution < -0.4 is 0 Å². The fourth-order valence-electron chi connectivity index (χ4n) is 3.88. The van der Waals surface area contributed by atoms with Gasteiger partial charge in [0.05, 0.1) is 16.6 Å². The third kappa shape index (κ3) is 4.55. The molecule has 148 valence electrons. The first-order valence-electron chi connectivity index (χ1n) is 9.72. The maximum absolute atomic E-state index is 12.9. The Kier molecular flexibility index (Phi) is 6.34. The van der Waals surface area contributed by atoms with Gasteiger partial charge in [-0.2, -0.15) is 0 Å². The summed E-state index contributed by atoms with van der Waals surface area (Å²) in [6, 6.07) is 26.5. The second-order valence-electron chi connectivity index (χ2n) is 7.17. The summed E-state index contributed by atoms with van der Waals surface area (Å²) in [4.78, 5) is 17.2. The highest BCUT2D eigenvalue weighted by molar-refractivity contribution is 9.10. The van der Waals surface area contributed by atoms with E-state index in [9.17, 15) is 4.79 Å². The Bertz CT molecular complexity index is 970. The number of carbonyl (C=O) groups excluding carboxylic acids is 1. The van der Waals surface area contributed by atoms with Crippen LogP contribution >= 0.6 is 27.5 Å². The minimum atomic E-state index is 0.00940. The summed E-state index contributed by atoms with van der Waals surface area (Å²) < 4.78 is 1.07. The van der Waals surface area contributed by atoms with E-state index < -0.39 is 0 Å². The summed E-state index contributed by atoms with van der Waals surface area (Å²) in [5, 5.41) is 0.511. The molecule has 3 aromatic carbocycles. The molecule has 1 fully saturated rings. The van der Waals surface area contributed by atoms with E-state index >= 15 is 0 Å². The van der Waals surface area contributed by atoms with Crippen LogP contribution in [0.15, 0.2) is 83.3 Å². The number of nitrogens with zero attached hydrogens (tertiary/aromatic N) is 2. The van der Waals surface area contributed by atoms with Crippen LogP contribution in [-0.2, 0) is 0 Å². The van der Waals surface area contributed by atoms with Crippen molar-refractivity contribution >= 4 is 33.4 Å².